The maximum atomic E-state index is 14.0. The highest BCUT2D eigenvalue weighted by Crippen LogP contribution is 2.38. The van der Waals surface area contributed by atoms with E-state index in [0.717, 1.165) is 31.7 Å². The van der Waals surface area contributed by atoms with Gasteiger partial charge in [0.05, 0.1) is 40.7 Å². The molecule has 5 rings (SSSR count). The first-order valence-electron chi connectivity index (χ1n) is 16.6. The lowest BCUT2D eigenvalue weighted by molar-refractivity contribution is -0.144. The van der Waals surface area contributed by atoms with Crippen molar-refractivity contribution >= 4 is 23.4 Å². The molecule has 3 heterocycles. The molecule has 0 amide bonds. The number of hydrogen-bond acceptors (Lipinski definition) is 7. The van der Waals surface area contributed by atoms with Crippen molar-refractivity contribution in [3.8, 4) is 0 Å². The van der Waals surface area contributed by atoms with Gasteiger partial charge in [0.1, 0.15) is 5.82 Å². The first-order chi connectivity index (χ1) is 23.9. The summed E-state index contributed by atoms with van der Waals surface area (Å²) in [6, 6.07) is 2.02. The summed E-state index contributed by atoms with van der Waals surface area (Å²) in [5.74, 6) is -1.10. The molecule has 2 aliphatic rings. The molecule has 8 nitrogen and oxygen atoms in total. The third-order valence-electron chi connectivity index (χ3n) is 9.40. The Kier molecular flexibility index (Phi) is 11.2. The van der Waals surface area contributed by atoms with Gasteiger partial charge >= 0.3 is 24.5 Å². The lowest BCUT2D eigenvalue weighted by Gasteiger charge is -2.32. The first kappa shape index (κ1) is 37.9. The number of aromatic nitrogens is 3. The lowest BCUT2D eigenvalue weighted by Crippen LogP contribution is -2.36. The molecule has 3 aromatic rings. The Morgan fingerprint density at radius 2 is 1.33 bits per heavy atom. The fourth-order valence-electron chi connectivity index (χ4n) is 6.69. The maximum Gasteiger partial charge on any atom is 0.417 e. The third kappa shape index (κ3) is 9.52. The third-order valence-corrected chi connectivity index (χ3v) is 9.40. The monoisotopic (exact) mass is 732 g/mol. The molecule has 278 valence electrons. The van der Waals surface area contributed by atoms with Crippen LogP contribution in [0.5, 0.6) is 0 Å². The average molecular weight is 733 g/mol. The number of anilines is 3. The Labute approximate surface area is 288 Å². The molecular formula is C34H37F9N6O2. The summed E-state index contributed by atoms with van der Waals surface area (Å²) in [5, 5.41) is 9.32. The average Bonchev–Trinajstić information content (AvgIpc) is 3.59. The van der Waals surface area contributed by atoms with E-state index in [0.29, 0.717) is 63.0 Å². The molecule has 1 N–H and O–H groups in total. The number of alkyl halides is 9. The number of rotatable bonds is 11. The zero-order chi connectivity index (χ0) is 37.1. The number of carboxylic acids is 1. The van der Waals surface area contributed by atoms with Crippen LogP contribution in [0.2, 0.25) is 0 Å². The zero-order valence-electron chi connectivity index (χ0n) is 27.6. The highest BCUT2D eigenvalue weighted by Gasteiger charge is 2.38. The Hall–Kier alpha value is -4.31. The molecule has 17 heteroatoms. The van der Waals surface area contributed by atoms with Crippen molar-refractivity contribution in [1.82, 2.24) is 15.0 Å². The minimum atomic E-state index is -5.12. The van der Waals surface area contributed by atoms with Crippen LogP contribution in [0.25, 0.3) is 0 Å². The number of pyridine rings is 1. The van der Waals surface area contributed by atoms with Gasteiger partial charge in [-0.15, -0.1) is 0 Å². The van der Waals surface area contributed by atoms with Crippen LogP contribution in [0.3, 0.4) is 0 Å². The van der Waals surface area contributed by atoms with E-state index in [-0.39, 0.29) is 29.3 Å². The van der Waals surface area contributed by atoms with Crippen molar-refractivity contribution in [2.45, 2.75) is 77.1 Å². The molecule has 1 aliphatic carbocycles. The largest absolute Gasteiger partial charge is 0.481 e. The SMILES string of the molecule is CCN(CC1CCCC1)c1ncc(C(F)(F)F)cc1CN(Cc1cc(C(F)(F)F)cc(C(F)(F)F)c1)c1ncc(N2CCC(C(=O)O)CC2)cn1. The van der Waals surface area contributed by atoms with Gasteiger partial charge in [-0.2, -0.15) is 39.5 Å². The summed E-state index contributed by atoms with van der Waals surface area (Å²) in [7, 11) is 0. The number of halogens is 9. The Morgan fingerprint density at radius 3 is 1.84 bits per heavy atom. The van der Waals surface area contributed by atoms with Crippen molar-refractivity contribution < 1.29 is 49.4 Å². The summed E-state index contributed by atoms with van der Waals surface area (Å²) in [6.07, 6.45) is -6.92. The maximum absolute atomic E-state index is 14.0. The normalized spacial score (nSPS) is 16.5. The lowest BCUT2D eigenvalue weighted by atomic mass is 9.97. The number of hydrogen-bond donors (Lipinski definition) is 1. The standard InChI is InChI=1S/C34H37F9N6O2/c1-2-47(18-21-5-3-4-6-21)29-24(13-27(15-44-29)34(41,42)43)20-49(19-22-11-25(32(35,36)37)14-26(12-22)33(38,39)40)31-45-16-28(17-46-31)48-9-7-23(8-10-48)30(50)51/h11-17,21,23H,2-10,18-20H2,1H3,(H,50,51). The van der Waals surface area contributed by atoms with Crippen LogP contribution in [0, 0.1) is 11.8 Å². The molecular weight excluding hydrogens is 695 g/mol. The minimum absolute atomic E-state index is 0.00361. The Balaban J connectivity index is 1.56. The fraction of sp³-hybridized carbons (Fsp3) is 0.529. The van der Waals surface area contributed by atoms with Crippen molar-refractivity contribution in [3.05, 3.63) is 70.7 Å². The van der Waals surface area contributed by atoms with E-state index in [1.54, 1.807) is 0 Å². The molecule has 0 radical (unpaired) electrons. The predicted octanol–water partition coefficient (Wildman–Crippen LogP) is 8.45. The number of carbonyl (C=O) groups is 1. The topological polar surface area (TPSA) is 85.7 Å². The molecule has 1 aliphatic heterocycles. The van der Waals surface area contributed by atoms with Gasteiger partial charge in [0.2, 0.25) is 5.95 Å². The van der Waals surface area contributed by atoms with Gasteiger partial charge < -0.3 is 19.8 Å². The van der Waals surface area contributed by atoms with Crippen LogP contribution < -0.4 is 14.7 Å². The molecule has 1 aromatic carbocycles. The summed E-state index contributed by atoms with van der Waals surface area (Å²) in [5.41, 5.74) is -4.03. The summed E-state index contributed by atoms with van der Waals surface area (Å²) < 4.78 is 125. The van der Waals surface area contributed by atoms with E-state index in [4.69, 9.17) is 0 Å². The minimum Gasteiger partial charge on any atom is -0.481 e. The number of aliphatic carboxylic acids is 1. The smallest absolute Gasteiger partial charge is 0.417 e. The second-order valence-electron chi connectivity index (χ2n) is 13.0. The zero-order valence-corrected chi connectivity index (χ0v) is 27.6. The van der Waals surface area contributed by atoms with Crippen LogP contribution in [-0.4, -0.2) is 52.2 Å². The predicted molar refractivity (Wildman–Crippen MR) is 170 cm³/mol. The van der Waals surface area contributed by atoms with Gasteiger partial charge in [-0.3, -0.25) is 4.79 Å². The molecule has 2 aromatic heterocycles. The molecule has 0 atom stereocenters. The van der Waals surface area contributed by atoms with Crippen LogP contribution in [0.1, 0.15) is 73.3 Å². The highest BCUT2D eigenvalue weighted by atomic mass is 19.4. The number of carboxylic acid groups (broad SMARTS) is 1. The van der Waals surface area contributed by atoms with E-state index >= 15 is 0 Å². The number of benzene rings is 1. The highest BCUT2D eigenvalue weighted by molar-refractivity contribution is 5.70. The quantitative estimate of drug-likeness (QED) is 0.197. The van der Waals surface area contributed by atoms with E-state index < -0.39 is 65.8 Å². The second kappa shape index (κ2) is 15.1. The molecule has 0 spiro atoms. The van der Waals surface area contributed by atoms with E-state index in [9.17, 15) is 49.4 Å². The molecule has 2 fully saturated rings. The van der Waals surface area contributed by atoms with Gasteiger partial charge in [-0.1, -0.05) is 12.8 Å². The second-order valence-corrected chi connectivity index (χ2v) is 13.0. The van der Waals surface area contributed by atoms with Crippen molar-refractivity contribution in [3.63, 3.8) is 0 Å². The van der Waals surface area contributed by atoms with Gasteiger partial charge in [-0.05, 0) is 68.4 Å². The summed E-state index contributed by atoms with van der Waals surface area (Å²) >= 11 is 0. The van der Waals surface area contributed by atoms with E-state index in [1.165, 1.54) is 17.3 Å². The van der Waals surface area contributed by atoms with Gasteiger partial charge in [-0.25, -0.2) is 15.0 Å². The fourth-order valence-corrected chi connectivity index (χ4v) is 6.69. The molecule has 51 heavy (non-hydrogen) atoms. The Morgan fingerprint density at radius 1 is 0.765 bits per heavy atom. The summed E-state index contributed by atoms with van der Waals surface area (Å²) in [6.45, 7) is 2.40. The van der Waals surface area contributed by atoms with Crippen LogP contribution in [0.15, 0.2) is 42.9 Å². The first-order valence-corrected chi connectivity index (χ1v) is 16.6. The molecule has 1 saturated carbocycles. The molecule has 0 unspecified atom stereocenters. The van der Waals surface area contributed by atoms with Crippen LogP contribution >= 0.6 is 0 Å². The van der Waals surface area contributed by atoms with E-state index in [1.807, 2.05) is 16.7 Å². The van der Waals surface area contributed by atoms with Crippen molar-refractivity contribution in [2.24, 2.45) is 11.8 Å². The van der Waals surface area contributed by atoms with Crippen LogP contribution in [0.4, 0.5) is 57.0 Å². The molecule has 1 saturated heterocycles. The van der Waals surface area contributed by atoms with Crippen LogP contribution in [-0.2, 0) is 36.4 Å². The summed E-state index contributed by atoms with van der Waals surface area (Å²) in [4.78, 5) is 29.2. The number of nitrogens with zero attached hydrogens (tertiary/aromatic N) is 6. The van der Waals surface area contributed by atoms with Gasteiger partial charge in [0.25, 0.3) is 0 Å². The van der Waals surface area contributed by atoms with Crippen molar-refractivity contribution in [1.29, 1.82) is 0 Å². The van der Waals surface area contributed by atoms with Crippen molar-refractivity contribution in [2.75, 3.05) is 40.9 Å². The molecule has 0 bridgehead atoms. The Bertz CT molecular complexity index is 1620. The van der Waals surface area contributed by atoms with E-state index in [2.05, 4.69) is 15.0 Å². The number of piperidine rings is 1. The van der Waals surface area contributed by atoms with Gasteiger partial charge in [0, 0.05) is 51.0 Å². The van der Waals surface area contributed by atoms with Gasteiger partial charge in [0.15, 0.2) is 0 Å².